The Bertz CT molecular complexity index is 1120. The number of aromatic nitrogens is 4. The van der Waals surface area contributed by atoms with Crippen molar-refractivity contribution < 1.29 is 9.21 Å². The van der Waals surface area contributed by atoms with Gasteiger partial charge in [0.1, 0.15) is 0 Å². The molecule has 1 aromatic carbocycles. The maximum absolute atomic E-state index is 12.3. The standard InChI is InChI=1S/C19H16BrN5O2S/c1-11-16(20)17(19-23-22-12(2)27-19)24-25(11)14-7-5-13(6-8-14)18(26)21-10-15-4-3-9-28-15/h3-9H,10H2,1-2H3,(H,21,26). The van der Waals surface area contributed by atoms with Crippen LogP contribution in [0.5, 0.6) is 0 Å². The zero-order valence-electron chi connectivity index (χ0n) is 15.1. The van der Waals surface area contributed by atoms with E-state index in [1.807, 2.05) is 36.6 Å². The molecule has 0 spiro atoms. The summed E-state index contributed by atoms with van der Waals surface area (Å²) in [5, 5.41) is 17.4. The van der Waals surface area contributed by atoms with Crippen molar-refractivity contribution in [3.05, 3.63) is 68.3 Å². The van der Waals surface area contributed by atoms with Crippen molar-refractivity contribution in [2.75, 3.05) is 0 Å². The smallest absolute Gasteiger partial charge is 0.269 e. The normalized spacial score (nSPS) is 11.0. The lowest BCUT2D eigenvalue weighted by molar-refractivity contribution is 0.0951. The average molecular weight is 458 g/mol. The van der Waals surface area contributed by atoms with E-state index in [1.165, 1.54) is 0 Å². The lowest BCUT2D eigenvalue weighted by Crippen LogP contribution is -2.22. The van der Waals surface area contributed by atoms with E-state index in [-0.39, 0.29) is 5.91 Å². The molecular formula is C19H16BrN5O2S. The molecule has 1 amide bonds. The highest BCUT2D eigenvalue weighted by atomic mass is 79.9. The van der Waals surface area contributed by atoms with Crippen molar-refractivity contribution >= 4 is 33.2 Å². The molecule has 142 valence electrons. The minimum absolute atomic E-state index is 0.111. The monoisotopic (exact) mass is 457 g/mol. The first-order valence-electron chi connectivity index (χ1n) is 8.49. The van der Waals surface area contributed by atoms with Gasteiger partial charge in [-0.3, -0.25) is 4.79 Å². The fourth-order valence-electron chi connectivity index (χ4n) is 2.70. The topological polar surface area (TPSA) is 85.8 Å². The van der Waals surface area contributed by atoms with E-state index in [0.29, 0.717) is 29.6 Å². The summed E-state index contributed by atoms with van der Waals surface area (Å²) in [6.07, 6.45) is 0. The molecule has 4 rings (SSSR count). The molecular weight excluding hydrogens is 442 g/mol. The van der Waals surface area contributed by atoms with Crippen LogP contribution in [-0.2, 0) is 6.54 Å². The second-order valence-electron chi connectivity index (χ2n) is 6.09. The van der Waals surface area contributed by atoms with E-state index in [0.717, 1.165) is 20.7 Å². The number of hydrogen-bond acceptors (Lipinski definition) is 6. The van der Waals surface area contributed by atoms with E-state index < -0.39 is 0 Å². The molecule has 4 aromatic rings. The van der Waals surface area contributed by atoms with Crippen LogP contribution >= 0.6 is 27.3 Å². The van der Waals surface area contributed by atoms with Crippen LogP contribution < -0.4 is 5.32 Å². The van der Waals surface area contributed by atoms with Crippen LogP contribution in [0, 0.1) is 13.8 Å². The highest BCUT2D eigenvalue weighted by Gasteiger charge is 2.19. The van der Waals surface area contributed by atoms with Gasteiger partial charge in [-0.1, -0.05) is 6.07 Å². The van der Waals surface area contributed by atoms with Gasteiger partial charge in [-0.05, 0) is 58.6 Å². The van der Waals surface area contributed by atoms with Gasteiger partial charge in [0.25, 0.3) is 11.8 Å². The SMILES string of the molecule is Cc1nnc(-c2nn(-c3ccc(C(=O)NCc4cccs4)cc3)c(C)c2Br)o1. The molecule has 0 radical (unpaired) electrons. The quantitative estimate of drug-likeness (QED) is 0.482. The predicted octanol–water partition coefficient (Wildman–Crippen LogP) is 4.29. The van der Waals surface area contributed by atoms with Gasteiger partial charge < -0.3 is 9.73 Å². The van der Waals surface area contributed by atoms with Crippen LogP contribution in [-0.4, -0.2) is 25.9 Å². The summed E-state index contributed by atoms with van der Waals surface area (Å²) in [5.74, 6) is 0.725. The second kappa shape index (κ2) is 7.69. The van der Waals surface area contributed by atoms with Gasteiger partial charge in [-0.2, -0.15) is 5.10 Å². The van der Waals surface area contributed by atoms with Gasteiger partial charge in [0.15, 0.2) is 5.69 Å². The second-order valence-corrected chi connectivity index (χ2v) is 7.92. The van der Waals surface area contributed by atoms with E-state index in [4.69, 9.17) is 4.42 Å². The molecule has 0 aliphatic heterocycles. The molecule has 0 fully saturated rings. The molecule has 28 heavy (non-hydrogen) atoms. The molecule has 1 N–H and O–H groups in total. The number of nitrogens with zero attached hydrogens (tertiary/aromatic N) is 4. The Balaban J connectivity index is 1.54. The average Bonchev–Trinajstić information content (AvgIpc) is 3.43. The Kier molecular flexibility index (Phi) is 5.10. The summed E-state index contributed by atoms with van der Waals surface area (Å²) >= 11 is 5.16. The Morgan fingerprint density at radius 3 is 2.64 bits per heavy atom. The summed E-state index contributed by atoms with van der Waals surface area (Å²) in [7, 11) is 0. The number of benzene rings is 1. The van der Waals surface area contributed by atoms with E-state index in [1.54, 1.807) is 35.1 Å². The fraction of sp³-hybridized carbons (Fsp3) is 0.158. The molecule has 7 nitrogen and oxygen atoms in total. The number of rotatable bonds is 5. The van der Waals surface area contributed by atoms with Crippen molar-refractivity contribution in [2.45, 2.75) is 20.4 Å². The van der Waals surface area contributed by atoms with E-state index in [2.05, 4.69) is 36.5 Å². The molecule has 0 bridgehead atoms. The molecule has 0 unspecified atom stereocenters. The van der Waals surface area contributed by atoms with E-state index >= 15 is 0 Å². The van der Waals surface area contributed by atoms with Crippen LogP contribution in [0.25, 0.3) is 17.3 Å². The van der Waals surface area contributed by atoms with Gasteiger partial charge >= 0.3 is 0 Å². The molecule has 0 aliphatic carbocycles. The first-order valence-corrected chi connectivity index (χ1v) is 10.2. The van der Waals surface area contributed by atoms with Gasteiger partial charge in [-0.25, -0.2) is 4.68 Å². The Hall–Kier alpha value is -2.78. The molecule has 0 atom stereocenters. The number of nitrogens with one attached hydrogen (secondary N) is 1. The summed E-state index contributed by atoms with van der Waals surface area (Å²) < 4.78 is 8.04. The number of carbonyl (C=O) groups is 1. The fourth-order valence-corrected chi connectivity index (χ4v) is 3.76. The van der Waals surface area contributed by atoms with Crippen LogP contribution in [0.2, 0.25) is 0 Å². The van der Waals surface area contributed by atoms with Gasteiger partial charge in [0.05, 0.1) is 22.4 Å². The molecule has 3 aromatic heterocycles. The lowest BCUT2D eigenvalue weighted by Gasteiger charge is -2.07. The van der Waals surface area contributed by atoms with Crippen LogP contribution in [0.15, 0.2) is 50.7 Å². The molecule has 0 aliphatic rings. The van der Waals surface area contributed by atoms with Gasteiger partial charge in [0.2, 0.25) is 5.89 Å². The summed E-state index contributed by atoms with van der Waals surface area (Å²) in [6.45, 7) is 4.19. The number of carbonyl (C=O) groups excluding carboxylic acids is 1. The molecule has 9 heteroatoms. The first kappa shape index (κ1) is 18.6. The van der Waals surface area contributed by atoms with Crippen molar-refractivity contribution in [2.24, 2.45) is 0 Å². The highest BCUT2D eigenvalue weighted by molar-refractivity contribution is 9.10. The number of aryl methyl sites for hydroxylation is 1. The maximum Gasteiger partial charge on any atom is 0.269 e. The van der Waals surface area contributed by atoms with Gasteiger partial charge in [-0.15, -0.1) is 21.5 Å². The number of amides is 1. The summed E-state index contributed by atoms with van der Waals surface area (Å²) in [6, 6.07) is 11.2. The molecule has 3 heterocycles. The number of halogens is 1. The maximum atomic E-state index is 12.3. The van der Waals surface area contributed by atoms with Crippen molar-refractivity contribution in [1.82, 2.24) is 25.3 Å². The third kappa shape index (κ3) is 3.63. The molecule has 0 saturated carbocycles. The first-order chi connectivity index (χ1) is 13.5. The molecule has 0 saturated heterocycles. The van der Waals surface area contributed by atoms with Crippen LogP contribution in [0.3, 0.4) is 0 Å². The third-order valence-electron chi connectivity index (χ3n) is 4.15. The zero-order chi connectivity index (χ0) is 19.7. The van der Waals surface area contributed by atoms with Crippen molar-refractivity contribution in [1.29, 1.82) is 0 Å². The van der Waals surface area contributed by atoms with Crippen molar-refractivity contribution in [3.63, 3.8) is 0 Å². The Labute approximate surface area is 173 Å². The highest BCUT2D eigenvalue weighted by Crippen LogP contribution is 2.30. The van der Waals surface area contributed by atoms with Crippen LogP contribution in [0.1, 0.15) is 26.8 Å². The lowest BCUT2D eigenvalue weighted by atomic mass is 10.2. The van der Waals surface area contributed by atoms with Gasteiger partial charge in [0, 0.05) is 17.4 Å². The Morgan fingerprint density at radius 1 is 1.21 bits per heavy atom. The summed E-state index contributed by atoms with van der Waals surface area (Å²) in [4.78, 5) is 13.5. The predicted molar refractivity (Wildman–Crippen MR) is 110 cm³/mol. The van der Waals surface area contributed by atoms with Crippen LogP contribution in [0.4, 0.5) is 0 Å². The third-order valence-corrected chi connectivity index (χ3v) is 5.97. The minimum atomic E-state index is -0.111. The zero-order valence-corrected chi connectivity index (χ0v) is 17.5. The largest absolute Gasteiger partial charge is 0.420 e. The number of thiophene rings is 1. The van der Waals surface area contributed by atoms with Crippen molar-refractivity contribution in [3.8, 4) is 17.3 Å². The summed E-state index contributed by atoms with van der Waals surface area (Å²) in [5.41, 5.74) is 2.89. The van der Waals surface area contributed by atoms with E-state index in [9.17, 15) is 4.79 Å². The minimum Gasteiger partial charge on any atom is -0.420 e. The number of hydrogen-bond donors (Lipinski definition) is 1. The Morgan fingerprint density at radius 2 is 2.00 bits per heavy atom.